The molecule has 0 aromatic heterocycles. The zero-order chi connectivity index (χ0) is 19.5. The topological polar surface area (TPSA) is 84.3 Å². The molecule has 0 aliphatic carbocycles. The van der Waals surface area contributed by atoms with E-state index in [4.69, 9.17) is 12.2 Å². The molecule has 0 saturated carbocycles. The monoisotopic (exact) mass is 495 g/mol. The molecule has 0 atom stereocenters. The summed E-state index contributed by atoms with van der Waals surface area (Å²) in [6, 6.07) is 8.44. The fourth-order valence-corrected chi connectivity index (χ4v) is 2.64. The van der Waals surface area contributed by atoms with Crippen molar-refractivity contribution in [3.63, 3.8) is 0 Å². The maximum atomic E-state index is 13.1. The predicted molar refractivity (Wildman–Crippen MR) is 101 cm³/mol. The smallest absolute Gasteiger partial charge is 0.332 e. The predicted octanol–water partition coefficient (Wildman–Crippen LogP) is 4.35. The van der Waals surface area contributed by atoms with Gasteiger partial charge in [0.15, 0.2) is 5.11 Å². The molecule has 0 bridgehead atoms. The van der Waals surface area contributed by atoms with E-state index in [1.807, 2.05) is 0 Å². The van der Waals surface area contributed by atoms with Crippen LogP contribution in [-0.4, -0.2) is 15.9 Å². The summed E-state index contributed by atoms with van der Waals surface area (Å²) in [4.78, 5) is 22.1. The summed E-state index contributed by atoms with van der Waals surface area (Å²) in [5.74, 6) is -0.787. The van der Waals surface area contributed by atoms with Crippen LogP contribution in [0.4, 0.5) is 24.5 Å². The number of alkyl halides is 3. The second-order valence-corrected chi connectivity index (χ2v) is 6.56. The van der Waals surface area contributed by atoms with Crippen LogP contribution in [0.2, 0.25) is 0 Å². The van der Waals surface area contributed by atoms with Crippen molar-refractivity contribution in [1.82, 2.24) is 5.32 Å². The lowest BCUT2D eigenvalue weighted by atomic mass is 10.1. The molecule has 2 aromatic rings. The minimum atomic E-state index is -4.61. The molecule has 0 heterocycles. The van der Waals surface area contributed by atoms with Gasteiger partial charge in [-0.15, -0.1) is 0 Å². The summed E-state index contributed by atoms with van der Waals surface area (Å²) in [6.07, 6.45) is -4.61. The van der Waals surface area contributed by atoms with Crippen molar-refractivity contribution in [2.75, 3.05) is 5.32 Å². The molecular weight excluding hydrogens is 486 g/mol. The van der Waals surface area contributed by atoms with E-state index in [9.17, 15) is 28.1 Å². The molecule has 2 N–H and O–H groups in total. The Morgan fingerprint density at radius 1 is 1.19 bits per heavy atom. The number of benzene rings is 2. The van der Waals surface area contributed by atoms with Crippen LogP contribution in [0, 0.1) is 13.7 Å². The third kappa shape index (κ3) is 5.11. The molecule has 0 spiro atoms. The number of nitro benzene ring substituents is 1. The lowest BCUT2D eigenvalue weighted by Crippen LogP contribution is -2.34. The molecular formula is C15H9F3IN3O3S. The van der Waals surface area contributed by atoms with Gasteiger partial charge in [-0.1, -0.05) is 6.07 Å². The SMILES string of the molecule is O=C(NC(=S)Nc1ccc(I)cc1C(F)(F)F)c1cccc([N+](=O)[O-])c1. The molecule has 2 rings (SSSR count). The number of amides is 1. The van der Waals surface area contributed by atoms with Gasteiger partial charge in [0.25, 0.3) is 11.6 Å². The fourth-order valence-electron chi connectivity index (χ4n) is 1.95. The molecule has 0 aliphatic rings. The molecule has 6 nitrogen and oxygen atoms in total. The van der Waals surface area contributed by atoms with E-state index in [0.717, 1.165) is 12.1 Å². The maximum absolute atomic E-state index is 13.1. The first-order valence-corrected chi connectivity index (χ1v) is 8.30. The average molecular weight is 495 g/mol. The zero-order valence-corrected chi connectivity index (χ0v) is 15.6. The summed E-state index contributed by atoms with van der Waals surface area (Å²) in [7, 11) is 0. The first-order chi connectivity index (χ1) is 12.1. The number of nitrogens with one attached hydrogen (secondary N) is 2. The van der Waals surface area contributed by atoms with E-state index in [1.165, 1.54) is 30.3 Å². The third-order valence-electron chi connectivity index (χ3n) is 3.08. The number of thiocarbonyl (C=S) groups is 1. The minimum Gasteiger partial charge on any atom is -0.332 e. The third-order valence-corrected chi connectivity index (χ3v) is 3.96. The standard InChI is InChI=1S/C15H9F3IN3O3S/c16-15(17,18)11-7-9(19)4-5-12(11)20-14(26)21-13(23)8-2-1-3-10(6-8)22(24)25/h1-7H,(H2,20,21,23,26). The van der Waals surface area contributed by atoms with Crippen LogP contribution in [-0.2, 0) is 6.18 Å². The highest BCUT2D eigenvalue weighted by molar-refractivity contribution is 14.1. The molecule has 136 valence electrons. The Bertz CT molecular complexity index is 890. The van der Waals surface area contributed by atoms with Gasteiger partial charge in [-0.2, -0.15) is 13.2 Å². The molecule has 0 fully saturated rings. The van der Waals surface area contributed by atoms with Gasteiger partial charge < -0.3 is 5.32 Å². The summed E-state index contributed by atoms with van der Waals surface area (Å²) in [6.45, 7) is 0. The first-order valence-electron chi connectivity index (χ1n) is 6.81. The van der Waals surface area contributed by atoms with Gasteiger partial charge in [-0.25, -0.2) is 0 Å². The molecule has 0 saturated heterocycles. The number of nitrogens with zero attached hydrogens (tertiary/aromatic N) is 1. The van der Waals surface area contributed by atoms with Crippen molar-refractivity contribution >= 4 is 57.2 Å². The van der Waals surface area contributed by atoms with Crippen molar-refractivity contribution in [3.8, 4) is 0 Å². The van der Waals surface area contributed by atoms with Gasteiger partial charge in [-0.3, -0.25) is 20.2 Å². The van der Waals surface area contributed by atoms with E-state index in [0.29, 0.717) is 3.57 Å². The van der Waals surface area contributed by atoms with Crippen LogP contribution in [0.1, 0.15) is 15.9 Å². The summed E-state index contributed by atoms with van der Waals surface area (Å²) >= 11 is 6.61. The lowest BCUT2D eigenvalue weighted by molar-refractivity contribution is -0.384. The average Bonchev–Trinajstić information content (AvgIpc) is 2.55. The Morgan fingerprint density at radius 3 is 2.50 bits per heavy atom. The highest BCUT2D eigenvalue weighted by Crippen LogP contribution is 2.35. The quantitative estimate of drug-likeness (QED) is 0.287. The summed E-state index contributed by atoms with van der Waals surface area (Å²) < 4.78 is 39.6. The van der Waals surface area contributed by atoms with Crippen LogP contribution >= 0.6 is 34.8 Å². The Labute approximate surface area is 164 Å². The first kappa shape index (κ1) is 20.0. The largest absolute Gasteiger partial charge is 0.418 e. The Kier molecular flexibility index (Phi) is 6.13. The van der Waals surface area contributed by atoms with Crippen LogP contribution in [0.25, 0.3) is 0 Å². The normalized spacial score (nSPS) is 10.9. The number of hydrogen-bond donors (Lipinski definition) is 2. The fraction of sp³-hybridized carbons (Fsp3) is 0.0667. The van der Waals surface area contributed by atoms with Gasteiger partial charge in [0.2, 0.25) is 0 Å². The van der Waals surface area contributed by atoms with Gasteiger partial charge in [0.1, 0.15) is 0 Å². The zero-order valence-electron chi connectivity index (χ0n) is 12.6. The van der Waals surface area contributed by atoms with Gasteiger partial charge in [0, 0.05) is 21.3 Å². The number of nitro groups is 1. The molecule has 26 heavy (non-hydrogen) atoms. The van der Waals surface area contributed by atoms with Crippen molar-refractivity contribution in [3.05, 3.63) is 67.3 Å². The van der Waals surface area contributed by atoms with Crippen molar-refractivity contribution in [1.29, 1.82) is 0 Å². The highest BCUT2D eigenvalue weighted by atomic mass is 127. The van der Waals surface area contributed by atoms with E-state index in [2.05, 4.69) is 10.6 Å². The number of hydrogen-bond acceptors (Lipinski definition) is 4. The van der Waals surface area contributed by atoms with Crippen LogP contribution < -0.4 is 10.6 Å². The van der Waals surface area contributed by atoms with Crippen molar-refractivity contribution in [2.45, 2.75) is 6.18 Å². The van der Waals surface area contributed by atoms with E-state index in [-0.39, 0.29) is 22.1 Å². The molecule has 0 unspecified atom stereocenters. The number of carbonyl (C=O) groups is 1. The maximum Gasteiger partial charge on any atom is 0.418 e. The Morgan fingerprint density at radius 2 is 1.88 bits per heavy atom. The molecule has 0 aliphatic heterocycles. The molecule has 0 radical (unpaired) electrons. The van der Waals surface area contributed by atoms with Gasteiger partial charge in [0.05, 0.1) is 16.2 Å². The Hall–Kier alpha value is -2.28. The summed E-state index contributed by atoms with van der Waals surface area (Å²) in [5.41, 5.74) is -1.60. The van der Waals surface area contributed by atoms with E-state index < -0.39 is 22.6 Å². The van der Waals surface area contributed by atoms with Crippen molar-refractivity contribution < 1.29 is 22.9 Å². The van der Waals surface area contributed by atoms with E-state index in [1.54, 1.807) is 22.6 Å². The van der Waals surface area contributed by atoms with Crippen LogP contribution in [0.5, 0.6) is 0 Å². The minimum absolute atomic E-state index is 0.0537. The summed E-state index contributed by atoms with van der Waals surface area (Å²) in [5, 5.41) is 14.9. The molecule has 1 amide bonds. The molecule has 2 aromatic carbocycles. The van der Waals surface area contributed by atoms with Crippen LogP contribution in [0.3, 0.4) is 0 Å². The number of carbonyl (C=O) groups excluding carboxylic acids is 1. The molecule has 11 heteroatoms. The number of rotatable bonds is 3. The van der Waals surface area contributed by atoms with Gasteiger partial charge >= 0.3 is 6.18 Å². The number of anilines is 1. The van der Waals surface area contributed by atoms with Gasteiger partial charge in [-0.05, 0) is 59.1 Å². The second kappa shape index (κ2) is 7.95. The van der Waals surface area contributed by atoms with E-state index >= 15 is 0 Å². The van der Waals surface area contributed by atoms with Crippen molar-refractivity contribution in [2.24, 2.45) is 0 Å². The number of halogens is 4. The Balaban J connectivity index is 2.16. The second-order valence-electron chi connectivity index (χ2n) is 4.90. The lowest BCUT2D eigenvalue weighted by Gasteiger charge is -2.16. The number of non-ortho nitro benzene ring substituents is 1. The van der Waals surface area contributed by atoms with Crippen LogP contribution in [0.15, 0.2) is 42.5 Å². The highest BCUT2D eigenvalue weighted by Gasteiger charge is 2.34.